The van der Waals surface area contributed by atoms with Crippen LogP contribution in [0, 0.1) is 0 Å². The van der Waals surface area contributed by atoms with Gasteiger partial charge in [0, 0.05) is 91.2 Å². The third-order valence-electron chi connectivity index (χ3n) is 13.7. The van der Waals surface area contributed by atoms with Gasteiger partial charge in [0.15, 0.2) is 34.7 Å². The second-order valence-electron chi connectivity index (χ2n) is 15.6. The van der Waals surface area contributed by atoms with Crippen molar-refractivity contribution < 1.29 is 28.8 Å². The SMILES string of the molecule is O=C1C=CC(=O)C2=C1C1C3=C(C(=O)C4=C(C3=O)C3C5=C(C(=O)C6=C(C5=O)C5c7ccccc7C6c6ccccc65)C4c4ccccc43)C2c2ccccc21. The number of benzene rings is 4. The van der Waals surface area contributed by atoms with Crippen LogP contribution in [0.15, 0.2) is 165 Å². The predicted octanol–water partition coefficient (Wildman–Crippen LogP) is 6.56. The smallest absolute Gasteiger partial charge is 0.187 e. The average molecular weight is 697 g/mol. The first-order chi connectivity index (χ1) is 26.4. The van der Waals surface area contributed by atoms with Crippen LogP contribution in [0.5, 0.6) is 0 Å². The molecule has 4 aromatic rings. The highest BCUT2D eigenvalue weighted by molar-refractivity contribution is 6.37. The van der Waals surface area contributed by atoms with Crippen LogP contribution in [0.1, 0.15) is 80.0 Å². The zero-order valence-corrected chi connectivity index (χ0v) is 28.3. The number of rotatable bonds is 0. The third kappa shape index (κ3) is 2.93. The Morgan fingerprint density at radius 1 is 0.241 bits per heavy atom. The minimum absolute atomic E-state index is 0.221. The van der Waals surface area contributed by atoms with Gasteiger partial charge in [-0.2, -0.15) is 0 Å². The van der Waals surface area contributed by atoms with E-state index in [4.69, 9.17) is 0 Å². The molecule has 0 aromatic heterocycles. The van der Waals surface area contributed by atoms with Crippen molar-refractivity contribution >= 4 is 34.7 Å². The third-order valence-corrected chi connectivity index (χ3v) is 13.7. The van der Waals surface area contributed by atoms with Gasteiger partial charge in [0.25, 0.3) is 0 Å². The zero-order valence-electron chi connectivity index (χ0n) is 28.3. The van der Waals surface area contributed by atoms with Crippen LogP contribution in [0.25, 0.3) is 0 Å². The standard InChI is InChI=1S/C48H24O6/c49-27-17-18-28(50)36-32-24-14-6-5-13-23(24)31(35(27)36)39-40(32)48(54)44-34-26-16-8-7-15-25(26)33(43(44)47(39)53)41-42(34)46(52)38-30-20-10-2-1-9-19(20)29(37(38)45(41)51)21-11-3-4-12-22(21)30/h1-18,29-34H. The van der Waals surface area contributed by atoms with Gasteiger partial charge in [0.1, 0.15) is 0 Å². The Morgan fingerprint density at radius 3 is 0.667 bits per heavy atom. The molecule has 0 spiro atoms. The Kier molecular flexibility index (Phi) is 4.96. The minimum atomic E-state index is -0.939. The van der Waals surface area contributed by atoms with Crippen molar-refractivity contribution in [3.05, 3.63) is 209 Å². The summed E-state index contributed by atoms with van der Waals surface area (Å²) >= 11 is 0. The van der Waals surface area contributed by atoms with Crippen molar-refractivity contribution in [2.75, 3.05) is 0 Å². The van der Waals surface area contributed by atoms with E-state index in [1.165, 1.54) is 12.2 Å². The number of carbonyl (C=O) groups is 6. The summed E-state index contributed by atoms with van der Waals surface area (Å²) in [6.45, 7) is 0. The zero-order chi connectivity index (χ0) is 36.0. The predicted molar refractivity (Wildman–Crippen MR) is 195 cm³/mol. The number of hydrogen-bond acceptors (Lipinski definition) is 6. The highest BCUT2D eigenvalue weighted by atomic mass is 16.2. The summed E-state index contributed by atoms with van der Waals surface area (Å²) in [4.78, 5) is 89.1. The van der Waals surface area contributed by atoms with Crippen molar-refractivity contribution in [2.24, 2.45) is 0 Å². The maximum Gasteiger partial charge on any atom is 0.187 e. The quantitative estimate of drug-likeness (QED) is 0.193. The molecule has 6 nitrogen and oxygen atoms in total. The Labute approximate surface area is 307 Å². The molecule has 0 fully saturated rings. The number of Topliss-reactive ketones (excluding diaryl/α,β-unsaturated/α-hetero) is 4. The lowest BCUT2D eigenvalue weighted by Gasteiger charge is -2.52. The van der Waals surface area contributed by atoms with Gasteiger partial charge in [-0.3, -0.25) is 28.8 Å². The molecule has 6 bridgehead atoms. The van der Waals surface area contributed by atoms with E-state index in [0.717, 1.165) is 44.5 Å². The van der Waals surface area contributed by atoms with Crippen LogP contribution >= 0.6 is 0 Å². The van der Waals surface area contributed by atoms with Crippen LogP contribution < -0.4 is 0 Å². The fourth-order valence-corrected chi connectivity index (χ4v) is 12.0. The first kappa shape index (κ1) is 28.9. The van der Waals surface area contributed by atoms with Gasteiger partial charge in [-0.05, 0) is 56.7 Å². The first-order valence-electron chi connectivity index (χ1n) is 18.4. The van der Waals surface area contributed by atoms with Gasteiger partial charge < -0.3 is 0 Å². The van der Waals surface area contributed by atoms with Crippen LogP contribution in [-0.4, -0.2) is 34.7 Å². The molecule has 0 saturated carbocycles. The number of hydrogen-bond donors (Lipinski definition) is 0. The molecule has 0 radical (unpaired) electrons. The van der Waals surface area contributed by atoms with Gasteiger partial charge in [0.2, 0.25) is 0 Å². The lowest BCUT2D eigenvalue weighted by molar-refractivity contribution is -0.119. The van der Waals surface area contributed by atoms with Crippen molar-refractivity contribution in [3.63, 3.8) is 0 Å². The summed E-state index contributed by atoms with van der Waals surface area (Å²) in [6, 6.07) is 31.0. The molecule has 4 aromatic carbocycles. The summed E-state index contributed by atoms with van der Waals surface area (Å²) in [6.07, 6.45) is 2.51. The highest BCUT2D eigenvalue weighted by Gasteiger charge is 2.63. The fourth-order valence-electron chi connectivity index (χ4n) is 12.0. The second kappa shape index (κ2) is 9.28. The number of allylic oxidation sites excluding steroid dienone is 12. The van der Waals surface area contributed by atoms with Crippen LogP contribution in [0.3, 0.4) is 0 Å². The second-order valence-corrected chi connectivity index (χ2v) is 15.6. The van der Waals surface area contributed by atoms with Gasteiger partial charge in [-0.1, -0.05) is 97.1 Å². The van der Waals surface area contributed by atoms with E-state index in [9.17, 15) is 9.59 Å². The van der Waals surface area contributed by atoms with E-state index in [1.807, 2.05) is 97.1 Å². The van der Waals surface area contributed by atoms with Gasteiger partial charge in [-0.25, -0.2) is 0 Å². The molecule has 4 atom stereocenters. The molecule has 0 heterocycles. The van der Waals surface area contributed by atoms with Crippen molar-refractivity contribution in [3.8, 4) is 0 Å². The van der Waals surface area contributed by atoms with Crippen molar-refractivity contribution in [2.45, 2.75) is 35.5 Å². The largest absolute Gasteiger partial charge is 0.290 e. The molecule has 12 aliphatic rings. The van der Waals surface area contributed by atoms with E-state index in [-0.39, 0.29) is 68.1 Å². The highest BCUT2D eigenvalue weighted by Crippen LogP contribution is 2.67. The molecule has 12 aliphatic carbocycles. The van der Waals surface area contributed by atoms with E-state index in [0.29, 0.717) is 22.3 Å². The minimum Gasteiger partial charge on any atom is -0.290 e. The summed E-state index contributed by atoms with van der Waals surface area (Å²) in [7, 11) is 0. The van der Waals surface area contributed by atoms with Crippen LogP contribution in [-0.2, 0) is 28.8 Å². The molecular weight excluding hydrogens is 673 g/mol. The Balaban J connectivity index is 1.04. The van der Waals surface area contributed by atoms with Gasteiger partial charge in [0.05, 0.1) is 0 Å². The summed E-state index contributed by atoms with van der Waals surface area (Å²) in [5, 5.41) is 0. The topological polar surface area (TPSA) is 102 Å². The number of carbonyl (C=O) groups excluding carboxylic acids is 6. The van der Waals surface area contributed by atoms with Gasteiger partial charge >= 0.3 is 0 Å². The Morgan fingerprint density at radius 2 is 0.426 bits per heavy atom. The van der Waals surface area contributed by atoms with Crippen LogP contribution in [0.4, 0.5) is 0 Å². The van der Waals surface area contributed by atoms with E-state index in [2.05, 4.69) is 0 Å². The molecule has 252 valence electrons. The molecular formula is C48H24O6. The van der Waals surface area contributed by atoms with E-state index >= 15 is 19.2 Å². The van der Waals surface area contributed by atoms with E-state index in [1.54, 1.807) is 0 Å². The molecule has 0 amide bonds. The van der Waals surface area contributed by atoms with Gasteiger partial charge in [-0.15, -0.1) is 0 Å². The lowest BCUT2D eigenvalue weighted by atomic mass is 9.48. The Bertz CT molecular complexity index is 2730. The average Bonchev–Trinajstić information content (AvgIpc) is 3.22. The molecule has 54 heavy (non-hydrogen) atoms. The summed E-state index contributed by atoms with van der Waals surface area (Å²) < 4.78 is 0. The summed E-state index contributed by atoms with van der Waals surface area (Å²) in [5.41, 5.74) is 9.92. The fraction of sp³-hybridized carbons (Fsp3) is 0.125. The normalized spacial score (nSPS) is 28.5. The van der Waals surface area contributed by atoms with Crippen molar-refractivity contribution in [1.29, 1.82) is 0 Å². The molecule has 6 heteroatoms. The molecule has 0 saturated heterocycles. The Hall–Kier alpha value is -6.66. The lowest BCUT2D eigenvalue weighted by Crippen LogP contribution is -2.49. The van der Waals surface area contributed by atoms with Crippen LogP contribution in [0.2, 0.25) is 0 Å². The molecule has 0 N–H and O–H groups in total. The summed E-state index contributed by atoms with van der Waals surface area (Å²) in [5.74, 6) is -6.50. The molecule has 16 rings (SSSR count). The maximum atomic E-state index is 15.5. The van der Waals surface area contributed by atoms with Crippen molar-refractivity contribution in [1.82, 2.24) is 0 Å². The molecule has 0 aliphatic heterocycles. The van der Waals surface area contributed by atoms with E-state index < -0.39 is 35.5 Å². The molecule has 4 unspecified atom stereocenters. The number of ketones is 6. The first-order valence-corrected chi connectivity index (χ1v) is 18.4. The monoisotopic (exact) mass is 696 g/mol. The maximum absolute atomic E-state index is 15.5.